The van der Waals surface area contributed by atoms with Gasteiger partial charge in [-0.3, -0.25) is 4.79 Å². The number of nitrogens with zero attached hydrogens (tertiary/aromatic N) is 1. The van der Waals surface area contributed by atoms with Gasteiger partial charge in [0, 0.05) is 23.1 Å². The number of benzene rings is 2. The van der Waals surface area contributed by atoms with Gasteiger partial charge >= 0.3 is 6.18 Å². The molecule has 2 aliphatic rings. The maximum Gasteiger partial charge on any atom is 0.420 e. The highest BCUT2D eigenvalue weighted by Crippen LogP contribution is 2.40. The van der Waals surface area contributed by atoms with E-state index in [0.29, 0.717) is 17.1 Å². The summed E-state index contributed by atoms with van der Waals surface area (Å²) in [5, 5.41) is 15.5. The second-order valence-corrected chi connectivity index (χ2v) is 7.06. The van der Waals surface area contributed by atoms with Crippen molar-refractivity contribution in [2.24, 2.45) is 0 Å². The summed E-state index contributed by atoms with van der Waals surface area (Å²) in [5.41, 5.74) is 0.955. The Balaban J connectivity index is 1.47. The summed E-state index contributed by atoms with van der Waals surface area (Å²) in [4.78, 5) is 12.8. The molecule has 1 fully saturated rings. The molecular formula is C19H18F3N3O3. The van der Waals surface area contributed by atoms with Gasteiger partial charge in [0.2, 0.25) is 0 Å². The number of hydrogen-bond acceptors (Lipinski definition) is 5. The highest BCUT2D eigenvalue weighted by Gasteiger charge is 2.61. The molecule has 0 radical (unpaired) electrons. The van der Waals surface area contributed by atoms with Crippen molar-refractivity contribution in [2.75, 3.05) is 35.2 Å². The van der Waals surface area contributed by atoms with Crippen molar-refractivity contribution in [3.8, 4) is 5.75 Å². The van der Waals surface area contributed by atoms with Gasteiger partial charge in [-0.05, 0) is 42.8 Å². The first-order valence-corrected chi connectivity index (χ1v) is 8.63. The molecule has 2 aliphatic heterocycles. The van der Waals surface area contributed by atoms with Gasteiger partial charge in [0.15, 0.2) is 12.2 Å². The van der Waals surface area contributed by atoms with Crippen molar-refractivity contribution in [1.29, 1.82) is 0 Å². The van der Waals surface area contributed by atoms with E-state index in [9.17, 15) is 23.1 Å². The van der Waals surface area contributed by atoms with Gasteiger partial charge in [-0.15, -0.1) is 0 Å². The first kappa shape index (κ1) is 18.4. The van der Waals surface area contributed by atoms with Gasteiger partial charge in [-0.25, -0.2) is 0 Å². The van der Waals surface area contributed by atoms with E-state index in [0.717, 1.165) is 16.9 Å². The second-order valence-electron chi connectivity index (χ2n) is 7.06. The van der Waals surface area contributed by atoms with E-state index in [2.05, 4.69) is 10.6 Å². The van der Waals surface area contributed by atoms with Crippen molar-refractivity contribution in [3.05, 3.63) is 42.0 Å². The lowest BCUT2D eigenvalue weighted by atomic mass is 9.92. The Morgan fingerprint density at radius 2 is 1.96 bits per heavy atom. The third-order valence-electron chi connectivity index (χ3n) is 4.90. The topological polar surface area (TPSA) is 73.8 Å². The number of carbonyl (C=O) groups excluding carboxylic acids is 1. The molecule has 2 heterocycles. The Hall–Kier alpha value is -2.94. The lowest BCUT2D eigenvalue weighted by molar-refractivity contribution is -0.267. The number of fused-ring (bicyclic) bond motifs is 1. The van der Waals surface area contributed by atoms with E-state index in [1.165, 1.54) is 4.90 Å². The molecule has 0 saturated carbocycles. The Morgan fingerprint density at radius 3 is 2.64 bits per heavy atom. The van der Waals surface area contributed by atoms with Gasteiger partial charge in [-0.1, -0.05) is 0 Å². The van der Waals surface area contributed by atoms with Crippen LogP contribution in [0, 0.1) is 6.92 Å². The molecule has 0 aromatic heterocycles. The van der Waals surface area contributed by atoms with Crippen LogP contribution in [0.15, 0.2) is 36.4 Å². The maximum absolute atomic E-state index is 12.8. The van der Waals surface area contributed by atoms with E-state index in [1.54, 1.807) is 36.4 Å². The molecule has 28 heavy (non-hydrogen) atoms. The molecule has 0 aliphatic carbocycles. The number of ether oxygens (including phenoxy) is 1. The second kappa shape index (κ2) is 6.30. The fraction of sp³-hybridized carbons (Fsp3) is 0.316. The lowest BCUT2D eigenvalue weighted by Crippen LogP contribution is -2.69. The standard InChI is InChI=1S/C19H18F3N3O3/c1-11-6-13(25-9-18(27,10-25)19(20,21)22)3-5-14(11)23-12-2-4-15-16(7-12)28-8-17(26)24-15/h2-7,23,27H,8-10H2,1H3,(H,24,26). The molecule has 0 spiro atoms. The molecule has 0 unspecified atom stereocenters. The Kier molecular flexibility index (Phi) is 4.15. The van der Waals surface area contributed by atoms with Crippen LogP contribution in [0.25, 0.3) is 0 Å². The fourth-order valence-corrected chi connectivity index (χ4v) is 3.24. The molecule has 0 bridgehead atoms. The molecule has 2 aromatic rings. The SMILES string of the molecule is Cc1cc(N2CC(O)(C(F)(F)F)C2)ccc1Nc1ccc2c(c1)OCC(=O)N2. The van der Waals surface area contributed by atoms with E-state index < -0.39 is 24.9 Å². The van der Waals surface area contributed by atoms with Crippen LogP contribution in [-0.4, -0.2) is 42.5 Å². The number of β-amino-alcohol motifs (C(OH)–C–C–N with tert-alkyl or cyclic N) is 1. The van der Waals surface area contributed by atoms with Gasteiger partial charge in [0.1, 0.15) is 5.75 Å². The minimum Gasteiger partial charge on any atom is -0.482 e. The minimum absolute atomic E-state index is 0.0374. The normalized spacial score (nSPS) is 17.9. The number of alkyl halides is 3. The van der Waals surface area contributed by atoms with Crippen molar-refractivity contribution >= 4 is 28.7 Å². The third-order valence-corrected chi connectivity index (χ3v) is 4.90. The minimum atomic E-state index is -4.63. The van der Waals surface area contributed by atoms with Crippen LogP contribution in [0.1, 0.15) is 5.56 Å². The number of nitrogens with one attached hydrogen (secondary N) is 2. The van der Waals surface area contributed by atoms with Gasteiger partial charge in [0.25, 0.3) is 5.91 Å². The summed E-state index contributed by atoms with van der Waals surface area (Å²) < 4.78 is 43.7. The van der Waals surface area contributed by atoms with Crippen LogP contribution in [0.2, 0.25) is 0 Å². The van der Waals surface area contributed by atoms with Crippen molar-refractivity contribution in [3.63, 3.8) is 0 Å². The van der Waals surface area contributed by atoms with Crippen LogP contribution in [0.3, 0.4) is 0 Å². The first-order valence-electron chi connectivity index (χ1n) is 8.63. The number of rotatable bonds is 3. The number of amides is 1. The molecule has 4 rings (SSSR count). The molecule has 0 atom stereocenters. The molecule has 148 valence electrons. The number of halogens is 3. The van der Waals surface area contributed by atoms with Crippen LogP contribution in [0.4, 0.5) is 35.9 Å². The highest BCUT2D eigenvalue weighted by atomic mass is 19.4. The molecule has 9 heteroatoms. The molecule has 1 amide bonds. The summed E-state index contributed by atoms with van der Waals surface area (Å²) in [6.45, 7) is 0.855. The molecule has 3 N–H and O–H groups in total. The summed E-state index contributed by atoms with van der Waals surface area (Å²) in [6, 6.07) is 10.5. The van der Waals surface area contributed by atoms with Gasteiger partial charge in [0.05, 0.1) is 18.8 Å². The largest absolute Gasteiger partial charge is 0.482 e. The predicted molar refractivity (Wildman–Crippen MR) is 98.2 cm³/mol. The number of aryl methyl sites for hydroxylation is 1. The Morgan fingerprint density at radius 1 is 1.21 bits per heavy atom. The summed E-state index contributed by atoms with van der Waals surface area (Å²) in [5.74, 6) is 0.356. The van der Waals surface area contributed by atoms with Gasteiger partial charge < -0.3 is 25.4 Å². The monoisotopic (exact) mass is 393 g/mol. The zero-order valence-corrected chi connectivity index (χ0v) is 14.9. The quantitative estimate of drug-likeness (QED) is 0.747. The van der Waals surface area contributed by atoms with E-state index in [4.69, 9.17) is 4.74 Å². The van der Waals surface area contributed by atoms with Gasteiger partial charge in [-0.2, -0.15) is 13.2 Å². The lowest BCUT2D eigenvalue weighted by Gasteiger charge is -2.48. The number of aliphatic hydroxyl groups is 1. The smallest absolute Gasteiger partial charge is 0.420 e. The van der Waals surface area contributed by atoms with E-state index in [1.807, 2.05) is 6.92 Å². The molecule has 6 nitrogen and oxygen atoms in total. The van der Waals surface area contributed by atoms with Crippen molar-refractivity contribution in [1.82, 2.24) is 0 Å². The first-order chi connectivity index (χ1) is 13.1. The van der Waals surface area contributed by atoms with Crippen LogP contribution in [0.5, 0.6) is 5.75 Å². The molecular weight excluding hydrogens is 375 g/mol. The molecule has 2 aromatic carbocycles. The number of carbonyl (C=O) groups is 1. The van der Waals surface area contributed by atoms with Crippen molar-refractivity contribution < 1.29 is 27.8 Å². The van der Waals surface area contributed by atoms with Crippen LogP contribution < -0.4 is 20.3 Å². The zero-order valence-electron chi connectivity index (χ0n) is 14.9. The van der Waals surface area contributed by atoms with Crippen molar-refractivity contribution in [2.45, 2.75) is 18.7 Å². The number of hydrogen-bond donors (Lipinski definition) is 3. The van der Waals surface area contributed by atoms with E-state index >= 15 is 0 Å². The fourth-order valence-electron chi connectivity index (χ4n) is 3.24. The van der Waals surface area contributed by atoms with E-state index in [-0.39, 0.29) is 12.5 Å². The Labute approximate surface area is 158 Å². The average Bonchev–Trinajstić information content (AvgIpc) is 2.60. The summed E-state index contributed by atoms with van der Waals surface area (Å²) in [6.07, 6.45) is -4.63. The molecule has 1 saturated heterocycles. The highest BCUT2D eigenvalue weighted by molar-refractivity contribution is 5.95. The number of anilines is 4. The summed E-state index contributed by atoms with van der Waals surface area (Å²) in [7, 11) is 0. The Bertz CT molecular complexity index is 940. The zero-order chi connectivity index (χ0) is 20.1. The summed E-state index contributed by atoms with van der Waals surface area (Å²) >= 11 is 0. The van der Waals surface area contributed by atoms with Crippen LogP contribution in [-0.2, 0) is 4.79 Å². The van der Waals surface area contributed by atoms with Crippen LogP contribution >= 0.6 is 0 Å². The predicted octanol–water partition coefficient (Wildman–Crippen LogP) is 3.18. The average molecular weight is 393 g/mol. The maximum atomic E-state index is 12.8. The third kappa shape index (κ3) is 3.22.